The smallest absolute Gasteiger partial charge is 0.172 e. The van der Waals surface area contributed by atoms with Gasteiger partial charge < -0.3 is 14.9 Å². The van der Waals surface area contributed by atoms with Crippen LogP contribution in [0.15, 0.2) is 30.3 Å². The van der Waals surface area contributed by atoms with Crippen LogP contribution < -0.4 is 4.74 Å². The molecule has 24 heavy (non-hydrogen) atoms. The third-order valence-electron chi connectivity index (χ3n) is 3.54. The molecule has 128 valence electrons. The molecule has 2 rings (SSSR count). The lowest BCUT2D eigenvalue weighted by molar-refractivity contribution is 0.0974. The number of para-hydroxylation sites is 1. The van der Waals surface area contributed by atoms with E-state index in [0.29, 0.717) is 12.2 Å². The van der Waals surface area contributed by atoms with Gasteiger partial charge in [-0.05, 0) is 18.6 Å². The molecule has 6 heteroatoms. The quantitative estimate of drug-likeness (QED) is 0.467. The van der Waals surface area contributed by atoms with Gasteiger partial charge in [-0.25, -0.2) is 0 Å². The maximum absolute atomic E-state index is 12.3. The standard InChI is InChI=1S/C18H18Cl2O4/c1-2-3-5-10-12(21)13-16(22)14(19)18(15(20)17(13)23)24-11-8-6-4-7-9-11/h4,6-9,22-23H,2-3,5,10H2,1H3. The van der Waals surface area contributed by atoms with E-state index in [-0.39, 0.29) is 27.8 Å². The summed E-state index contributed by atoms with van der Waals surface area (Å²) in [5.74, 6) is -1.11. The number of Topliss-reactive ketones (excluding diaryl/α,β-unsaturated/α-hetero) is 1. The fourth-order valence-corrected chi connectivity index (χ4v) is 2.77. The average Bonchev–Trinajstić information content (AvgIpc) is 2.58. The molecule has 0 atom stereocenters. The summed E-state index contributed by atoms with van der Waals surface area (Å²) in [7, 11) is 0. The van der Waals surface area contributed by atoms with Gasteiger partial charge in [0.25, 0.3) is 0 Å². The van der Waals surface area contributed by atoms with E-state index in [0.717, 1.165) is 12.8 Å². The molecule has 0 spiro atoms. The van der Waals surface area contributed by atoms with Crippen molar-refractivity contribution in [1.82, 2.24) is 0 Å². The van der Waals surface area contributed by atoms with Gasteiger partial charge in [-0.3, -0.25) is 4.79 Å². The van der Waals surface area contributed by atoms with Crippen LogP contribution in [0, 0.1) is 0 Å². The molecule has 0 radical (unpaired) electrons. The van der Waals surface area contributed by atoms with Crippen molar-refractivity contribution in [1.29, 1.82) is 0 Å². The van der Waals surface area contributed by atoms with Gasteiger partial charge in [-0.1, -0.05) is 61.2 Å². The maximum Gasteiger partial charge on any atom is 0.172 e. The second-order valence-electron chi connectivity index (χ2n) is 5.32. The van der Waals surface area contributed by atoms with E-state index in [1.165, 1.54) is 0 Å². The van der Waals surface area contributed by atoms with Crippen molar-refractivity contribution in [3.8, 4) is 23.0 Å². The molecule has 2 aromatic carbocycles. The number of unbranched alkanes of at least 4 members (excludes halogenated alkanes) is 2. The number of ketones is 1. The van der Waals surface area contributed by atoms with Gasteiger partial charge in [-0.15, -0.1) is 0 Å². The van der Waals surface area contributed by atoms with Gasteiger partial charge in [-0.2, -0.15) is 0 Å². The van der Waals surface area contributed by atoms with Crippen LogP contribution in [0.2, 0.25) is 10.0 Å². The van der Waals surface area contributed by atoms with Crippen molar-refractivity contribution in [3.63, 3.8) is 0 Å². The van der Waals surface area contributed by atoms with Crippen molar-refractivity contribution in [2.45, 2.75) is 32.6 Å². The molecule has 4 nitrogen and oxygen atoms in total. The van der Waals surface area contributed by atoms with Crippen LogP contribution >= 0.6 is 23.2 Å². The number of phenolic OH excluding ortho intramolecular Hbond substituents is 2. The number of ether oxygens (including phenoxy) is 1. The maximum atomic E-state index is 12.3. The summed E-state index contributed by atoms with van der Waals surface area (Å²) in [6, 6.07) is 8.66. The van der Waals surface area contributed by atoms with Crippen LogP contribution in [0.1, 0.15) is 43.0 Å². The first-order valence-electron chi connectivity index (χ1n) is 7.66. The summed E-state index contributed by atoms with van der Waals surface area (Å²) in [4.78, 5) is 12.3. The van der Waals surface area contributed by atoms with E-state index >= 15 is 0 Å². The SMILES string of the molecule is CCCCCC(=O)c1c(O)c(Cl)c(Oc2ccccc2)c(Cl)c1O. The number of phenols is 2. The zero-order valence-corrected chi connectivity index (χ0v) is 14.7. The molecule has 0 aliphatic carbocycles. The Balaban J connectivity index is 2.38. The van der Waals surface area contributed by atoms with E-state index in [4.69, 9.17) is 27.9 Å². The van der Waals surface area contributed by atoms with Crippen LogP contribution in [-0.4, -0.2) is 16.0 Å². The molecular weight excluding hydrogens is 351 g/mol. The minimum absolute atomic E-state index is 0.0929. The Labute approximate surface area is 150 Å². The monoisotopic (exact) mass is 368 g/mol. The number of hydrogen-bond donors (Lipinski definition) is 2. The Hall–Kier alpha value is -1.91. The molecule has 2 N–H and O–H groups in total. The second kappa shape index (κ2) is 8.27. The molecule has 0 aliphatic rings. The third-order valence-corrected chi connectivity index (χ3v) is 4.24. The fraction of sp³-hybridized carbons (Fsp3) is 0.278. The average molecular weight is 369 g/mol. The zero-order chi connectivity index (χ0) is 17.7. The van der Waals surface area contributed by atoms with Crippen molar-refractivity contribution in [2.24, 2.45) is 0 Å². The highest BCUT2D eigenvalue weighted by molar-refractivity contribution is 6.40. The largest absolute Gasteiger partial charge is 0.505 e. The van der Waals surface area contributed by atoms with Crippen LogP contribution in [0.4, 0.5) is 0 Å². The highest BCUT2D eigenvalue weighted by atomic mass is 35.5. The lowest BCUT2D eigenvalue weighted by Gasteiger charge is -2.15. The lowest BCUT2D eigenvalue weighted by Crippen LogP contribution is -2.02. The van der Waals surface area contributed by atoms with E-state index in [1.54, 1.807) is 24.3 Å². The summed E-state index contributed by atoms with van der Waals surface area (Å²) < 4.78 is 5.54. The molecule has 2 aromatic rings. The van der Waals surface area contributed by atoms with E-state index in [1.807, 2.05) is 13.0 Å². The molecule has 0 aliphatic heterocycles. The number of rotatable bonds is 7. The molecule has 0 unspecified atom stereocenters. The number of aromatic hydroxyl groups is 2. The van der Waals surface area contributed by atoms with E-state index in [9.17, 15) is 15.0 Å². The first-order chi connectivity index (χ1) is 11.5. The van der Waals surface area contributed by atoms with Gasteiger partial charge in [0.1, 0.15) is 21.4 Å². The number of benzene rings is 2. The predicted octanol–water partition coefficient (Wildman–Crippen LogP) is 5.96. The Morgan fingerprint density at radius 3 is 2.17 bits per heavy atom. The Kier molecular flexibility index (Phi) is 6.35. The summed E-state index contributed by atoms with van der Waals surface area (Å²) >= 11 is 12.2. The van der Waals surface area contributed by atoms with Gasteiger partial charge >= 0.3 is 0 Å². The first-order valence-corrected chi connectivity index (χ1v) is 8.41. The number of carbonyl (C=O) groups excluding carboxylic acids is 1. The van der Waals surface area contributed by atoms with Gasteiger partial charge in [0.2, 0.25) is 0 Å². The minimum Gasteiger partial charge on any atom is -0.505 e. The summed E-state index contributed by atoms with van der Waals surface area (Å²) in [6.45, 7) is 2.02. The van der Waals surface area contributed by atoms with Crippen molar-refractivity contribution in [3.05, 3.63) is 45.9 Å². The summed E-state index contributed by atoms with van der Waals surface area (Å²) in [5, 5.41) is 20.1. The Morgan fingerprint density at radius 1 is 1.04 bits per heavy atom. The molecular formula is C18H18Cl2O4. The zero-order valence-electron chi connectivity index (χ0n) is 13.2. The molecule has 0 aromatic heterocycles. The first kappa shape index (κ1) is 18.4. The molecule has 0 saturated carbocycles. The van der Waals surface area contributed by atoms with Gasteiger partial charge in [0, 0.05) is 6.42 Å². The summed E-state index contributed by atoms with van der Waals surface area (Å²) in [5.41, 5.74) is -0.262. The van der Waals surface area contributed by atoms with Gasteiger partial charge in [0.15, 0.2) is 23.0 Å². The van der Waals surface area contributed by atoms with Crippen molar-refractivity contribution in [2.75, 3.05) is 0 Å². The van der Waals surface area contributed by atoms with Crippen LogP contribution in [0.5, 0.6) is 23.0 Å². The molecule has 0 fully saturated rings. The highest BCUT2D eigenvalue weighted by Crippen LogP contribution is 2.50. The number of carbonyl (C=O) groups is 1. The van der Waals surface area contributed by atoms with Crippen molar-refractivity contribution >= 4 is 29.0 Å². The number of hydrogen-bond acceptors (Lipinski definition) is 4. The Bertz CT molecular complexity index is 701. The Morgan fingerprint density at radius 2 is 1.62 bits per heavy atom. The topological polar surface area (TPSA) is 66.8 Å². The van der Waals surface area contributed by atoms with Crippen LogP contribution in [0.3, 0.4) is 0 Å². The molecule has 0 bridgehead atoms. The minimum atomic E-state index is -0.522. The molecule has 0 amide bonds. The second-order valence-corrected chi connectivity index (χ2v) is 6.08. The molecule has 0 saturated heterocycles. The number of halogens is 2. The van der Waals surface area contributed by atoms with E-state index < -0.39 is 17.3 Å². The van der Waals surface area contributed by atoms with E-state index in [2.05, 4.69) is 0 Å². The normalized spacial score (nSPS) is 10.6. The van der Waals surface area contributed by atoms with Crippen LogP contribution in [0.25, 0.3) is 0 Å². The fourth-order valence-electron chi connectivity index (χ4n) is 2.26. The highest BCUT2D eigenvalue weighted by Gasteiger charge is 2.27. The summed E-state index contributed by atoms with van der Waals surface area (Å²) in [6.07, 6.45) is 2.69. The molecule has 0 heterocycles. The third kappa shape index (κ3) is 3.94. The van der Waals surface area contributed by atoms with Crippen LogP contribution in [-0.2, 0) is 0 Å². The lowest BCUT2D eigenvalue weighted by atomic mass is 10.0. The van der Waals surface area contributed by atoms with Gasteiger partial charge in [0.05, 0.1) is 0 Å². The predicted molar refractivity (Wildman–Crippen MR) is 94.8 cm³/mol. The van der Waals surface area contributed by atoms with Crippen molar-refractivity contribution < 1.29 is 19.7 Å².